The largest absolute Gasteiger partial charge is 0.255 e. The van der Waals surface area contributed by atoms with Gasteiger partial charge in [0.15, 0.2) is 6.20 Å². The molecule has 0 saturated heterocycles. The first kappa shape index (κ1) is 9.55. The minimum Gasteiger partial charge on any atom is -0.255 e. The molecule has 78 valence electrons. The summed E-state index contributed by atoms with van der Waals surface area (Å²) < 4.78 is 2.05. The molecule has 2 aromatic heterocycles. The molecule has 0 radical (unpaired) electrons. The molecule has 0 amide bonds. The van der Waals surface area contributed by atoms with Gasteiger partial charge in [-0.25, -0.2) is 4.57 Å². The Bertz CT molecular complexity index is 692. The van der Waals surface area contributed by atoms with Gasteiger partial charge in [-0.1, -0.05) is 17.7 Å². The molecule has 0 aliphatic carbocycles. The van der Waals surface area contributed by atoms with Gasteiger partial charge in [-0.2, -0.15) is 0 Å². The van der Waals surface area contributed by atoms with E-state index in [1.54, 1.807) is 6.20 Å². The first-order valence-electron chi connectivity index (χ1n) is 5.09. The van der Waals surface area contributed by atoms with Crippen LogP contribution in [0.1, 0.15) is 0 Å². The quantitative estimate of drug-likeness (QED) is 0.428. The van der Waals surface area contributed by atoms with Crippen LogP contribution in [0, 0.1) is 0 Å². The Morgan fingerprint density at radius 2 is 2.06 bits per heavy atom. The lowest BCUT2D eigenvalue weighted by atomic mass is 10.1. The fourth-order valence-corrected chi connectivity index (χ4v) is 2.25. The van der Waals surface area contributed by atoms with Crippen LogP contribution in [0.15, 0.2) is 42.7 Å². The molecule has 0 atom stereocenters. The van der Waals surface area contributed by atoms with Crippen LogP contribution in [-0.2, 0) is 7.05 Å². The van der Waals surface area contributed by atoms with E-state index in [4.69, 9.17) is 11.6 Å². The fourth-order valence-electron chi connectivity index (χ4n) is 2.00. The Balaban J connectivity index is 2.64. The molecule has 0 aliphatic rings. The second kappa shape index (κ2) is 3.42. The summed E-state index contributed by atoms with van der Waals surface area (Å²) in [5.74, 6) is 0. The van der Waals surface area contributed by atoms with Crippen LogP contribution in [0.3, 0.4) is 0 Å². The smallest absolute Gasteiger partial charge is 0.216 e. The molecule has 3 heteroatoms. The van der Waals surface area contributed by atoms with E-state index in [2.05, 4.69) is 21.7 Å². The summed E-state index contributed by atoms with van der Waals surface area (Å²) in [6.07, 6.45) is 3.75. The van der Waals surface area contributed by atoms with E-state index in [0.29, 0.717) is 0 Å². The second-order valence-electron chi connectivity index (χ2n) is 3.81. The predicted octanol–water partition coefficient (Wildman–Crippen LogP) is 2.87. The maximum Gasteiger partial charge on any atom is 0.216 e. The molecule has 16 heavy (non-hydrogen) atoms. The minimum atomic E-state index is 0.748. The van der Waals surface area contributed by atoms with Crippen molar-refractivity contribution in [1.82, 2.24) is 4.98 Å². The first-order chi connectivity index (χ1) is 7.77. The molecular formula is C13H10ClN2+. The number of hydrogen-bond acceptors (Lipinski definition) is 1. The maximum atomic E-state index is 6.25. The van der Waals surface area contributed by atoms with Crippen LogP contribution in [0.4, 0.5) is 0 Å². The number of rotatable bonds is 0. The van der Waals surface area contributed by atoms with E-state index in [-0.39, 0.29) is 0 Å². The summed E-state index contributed by atoms with van der Waals surface area (Å²) >= 11 is 6.25. The summed E-state index contributed by atoms with van der Waals surface area (Å²) in [6.45, 7) is 0. The minimum absolute atomic E-state index is 0.748. The fraction of sp³-hybridized carbons (Fsp3) is 0.0769. The van der Waals surface area contributed by atoms with Gasteiger partial charge in [0, 0.05) is 23.7 Å². The summed E-state index contributed by atoms with van der Waals surface area (Å²) in [5, 5.41) is 2.88. The number of halogens is 1. The van der Waals surface area contributed by atoms with Crippen molar-refractivity contribution in [2.45, 2.75) is 0 Å². The topological polar surface area (TPSA) is 16.8 Å². The molecule has 0 aliphatic heterocycles. The van der Waals surface area contributed by atoms with E-state index in [0.717, 1.165) is 26.8 Å². The average molecular weight is 230 g/mol. The normalized spacial score (nSPS) is 11.1. The summed E-state index contributed by atoms with van der Waals surface area (Å²) in [4.78, 5) is 4.41. The Morgan fingerprint density at radius 3 is 2.94 bits per heavy atom. The van der Waals surface area contributed by atoms with Crippen LogP contribution in [0.25, 0.3) is 21.8 Å². The summed E-state index contributed by atoms with van der Waals surface area (Å²) in [6, 6.07) is 10.0. The SMILES string of the molecule is C[n+]1ccc(Cl)c2c3ncccc3ccc21. The average Bonchev–Trinajstić information content (AvgIpc) is 2.33. The van der Waals surface area contributed by atoms with Crippen LogP contribution in [0.5, 0.6) is 0 Å². The molecule has 2 nitrogen and oxygen atoms in total. The lowest BCUT2D eigenvalue weighted by Gasteiger charge is -2.02. The summed E-state index contributed by atoms with van der Waals surface area (Å²) in [5.41, 5.74) is 2.06. The number of pyridine rings is 2. The van der Waals surface area contributed by atoms with E-state index >= 15 is 0 Å². The lowest BCUT2D eigenvalue weighted by molar-refractivity contribution is -0.644. The summed E-state index contributed by atoms with van der Waals surface area (Å²) in [7, 11) is 2.01. The van der Waals surface area contributed by atoms with Gasteiger partial charge < -0.3 is 0 Å². The third-order valence-electron chi connectivity index (χ3n) is 2.82. The molecule has 2 heterocycles. The zero-order chi connectivity index (χ0) is 11.1. The van der Waals surface area contributed by atoms with Gasteiger partial charge in [-0.15, -0.1) is 0 Å². The van der Waals surface area contributed by atoms with Crippen molar-refractivity contribution in [3.8, 4) is 0 Å². The highest BCUT2D eigenvalue weighted by atomic mass is 35.5. The maximum absolute atomic E-state index is 6.25. The highest BCUT2D eigenvalue weighted by Gasteiger charge is 2.12. The number of hydrogen-bond donors (Lipinski definition) is 0. The van der Waals surface area contributed by atoms with Crippen molar-refractivity contribution in [2.75, 3.05) is 0 Å². The standard InChI is InChI=1S/C13H10ClN2/c1-16-8-6-10(14)12-11(16)5-4-9-3-2-7-15-13(9)12/h2-8H,1H3/q+1. The Hall–Kier alpha value is -1.67. The zero-order valence-corrected chi connectivity index (χ0v) is 9.57. The number of aromatic nitrogens is 2. The van der Waals surface area contributed by atoms with Crippen LogP contribution in [-0.4, -0.2) is 4.98 Å². The number of aryl methyl sites for hydroxylation is 1. The Labute approximate surface area is 98.1 Å². The molecule has 3 aromatic rings. The van der Waals surface area contributed by atoms with Crippen LogP contribution >= 0.6 is 11.6 Å². The predicted molar refractivity (Wildman–Crippen MR) is 65.4 cm³/mol. The van der Waals surface area contributed by atoms with Gasteiger partial charge in [0.2, 0.25) is 5.52 Å². The van der Waals surface area contributed by atoms with Gasteiger partial charge in [-0.05, 0) is 12.1 Å². The molecule has 3 rings (SSSR count). The van der Waals surface area contributed by atoms with Crippen molar-refractivity contribution in [3.63, 3.8) is 0 Å². The Morgan fingerprint density at radius 1 is 1.19 bits per heavy atom. The van der Waals surface area contributed by atoms with Gasteiger partial charge in [-0.3, -0.25) is 4.98 Å². The molecule has 0 spiro atoms. The molecule has 0 saturated carbocycles. The number of benzene rings is 1. The van der Waals surface area contributed by atoms with Crippen molar-refractivity contribution < 1.29 is 4.57 Å². The highest BCUT2D eigenvalue weighted by molar-refractivity contribution is 6.37. The lowest BCUT2D eigenvalue weighted by Crippen LogP contribution is -2.28. The van der Waals surface area contributed by atoms with Crippen molar-refractivity contribution >= 4 is 33.4 Å². The van der Waals surface area contributed by atoms with Gasteiger partial charge in [0.05, 0.1) is 15.9 Å². The molecule has 0 N–H and O–H groups in total. The second-order valence-corrected chi connectivity index (χ2v) is 4.22. The molecule has 1 aromatic carbocycles. The monoisotopic (exact) mass is 229 g/mol. The first-order valence-corrected chi connectivity index (χ1v) is 5.47. The van der Waals surface area contributed by atoms with E-state index in [1.165, 1.54) is 0 Å². The number of nitrogens with zero attached hydrogens (tertiary/aromatic N) is 2. The van der Waals surface area contributed by atoms with Crippen molar-refractivity contribution in [3.05, 3.63) is 47.7 Å². The third kappa shape index (κ3) is 1.27. The molecule has 0 fully saturated rings. The van der Waals surface area contributed by atoms with Crippen LogP contribution in [0.2, 0.25) is 5.02 Å². The van der Waals surface area contributed by atoms with Gasteiger partial charge in [0.1, 0.15) is 7.05 Å². The van der Waals surface area contributed by atoms with E-state index in [1.807, 2.05) is 31.4 Å². The van der Waals surface area contributed by atoms with Crippen molar-refractivity contribution in [2.24, 2.45) is 7.05 Å². The Kier molecular flexibility index (Phi) is 2.04. The van der Waals surface area contributed by atoms with Gasteiger partial charge >= 0.3 is 0 Å². The van der Waals surface area contributed by atoms with Crippen molar-refractivity contribution in [1.29, 1.82) is 0 Å². The molecular weight excluding hydrogens is 220 g/mol. The molecule has 0 bridgehead atoms. The van der Waals surface area contributed by atoms with Gasteiger partial charge in [0.25, 0.3) is 0 Å². The number of fused-ring (bicyclic) bond motifs is 3. The van der Waals surface area contributed by atoms with E-state index < -0.39 is 0 Å². The molecule has 0 unspecified atom stereocenters. The van der Waals surface area contributed by atoms with E-state index in [9.17, 15) is 0 Å². The highest BCUT2D eigenvalue weighted by Crippen LogP contribution is 2.27. The van der Waals surface area contributed by atoms with Crippen LogP contribution < -0.4 is 4.57 Å². The third-order valence-corrected chi connectivity index (χ3v) is 3.13. The zero-order valence-electron chi connectivity index (χ0n) is 8.81.